The highest BCUT2D eigenvalue weighted by molar-refractivity contribution is 7.98. The molecule has 4 rings (SSSR count). The lowest BCUT2D eigenvalue weighted by Gasteiger charge is -2.22. The molecule has 3 aromatic carbocycles. The highest BCUT2D eigenvalue weighted by atomic mass is 32.2. The fraction of sp³-hybridized carbons (Fsp3) is 0.192. The van der Waals surface area contributed by atoms with Gasteiger partial charge in [0.15, 0.2) is 5.78 Å². The summed E-state index contributed by atoms with van der Waals surface area (Å²) in [4.78, 5) is 17.9. The summed E-state index contributed by atoms with van der Waals surface area (Å²) in [5.41, 5.74) is 2.77. The summed E-state index contributed by atoms with van der Waals surface area (Å²) < 4.78 is 38.9. The third-order valence-electron chi connectivity index (χ3n) is 5.65. The second kappa shape index (κ2) is 9.77. The quantitative estimate of drug-likeness (QED) is 0.221. The van der Waals surface area contributed by atoms with E-state index in [4.69, 9.17) is 9.47 Å². The predicted octanol–water partition coefficient (Wildman–Crippen LogP) is 6.53. The number of nitrogens with one attached hydrogen (secondary N) is 2. The molecule has 0 fully saturated rings. The minimum atomic E-state index is -0.945. The summed E-state index contributed by atoms with van der Waals surface area (Å²) in [7, 11) is 2.99. The molecule has 0 aliphatic rings. The van der Waals surface area contributed by atoms with Crippen LogP contribution in [0.15, 0.2) is 59.6 Å². The third-order valence-corrected chi connectivity index (χ3v) is 6.36. The van der Waals surface area contributed by atoms with E-state index in [1.807, 2.05) is 18.4 Å². The largest absolute Gasteiger partial charge is 0.497 e. The van der Waals surface area contributed by atoms with Gasteiger partial charge in [-0.15, -0.1) is 11.8 Å². The number of anilines is 1. The average Bonchev–Trinajstić information content (AvgIpc) is 3.26. The van der Waals surface area contributed by atoms with Crippen molar-refractivity contribution in [2.24, 2.45) is 0 Å². The van der Waals surface area contributed by atoms with Crippen LogP contribution in [0.2, 0.25) is 0 Å². The Morgan fingerprint density at radius 2 is 1.82 bits per heavy atom. The molecule has 0 saturated heterocycles. The van der Waals surface area contributed by atoms with E-state index in [1.165, 1.54) is 49.2 Å². The number of fused-ring (bicyclic) bond motifs is 1. The van der Waals surface area contributed by atoms with Crippen LogP contribution in [-0.2, 0) is 0 Å². The van der Waals surface area contributed by atoms with Crippen molar-refractivity contribution >= 4 is 34.1 Å². The van der Waals surface area contributed by atoms with Gasteiger partial charge in [0.25, 0.3) is 0 Å². The normalized spacial score (nSPS) is 11.9. The van der Waals surface area contributed by atoms with Gasteiger partial charge in [-0.3, -0.25) is 4.79 Å². The number of aryl methyl sites for hydroxylation is 1. The zero-order valence-corrected chi connectivity index (χ0v) is 20.0. The summed E-state index contributed by atoms with van der Waals surface area (Å²) in [6, 6.07) is 11.4. The summed E-state index contributed by atoms with van der Waals surface area (Å²) in [6.07, 6.45) is 3.51. The van der Waals surface area contributed by atoms with Crippen molar-refractivity contribution in [3.8, 4) is 11.5 Å². The molecule has 1 atom stereocenters. The molecule has 5 nitrogen and oxygen atoms in total. The van der Waals surface area contributed by atoms with Crippen LogP contribution < -0.4 is 14.8 Å². The van der Waals surface area contributed by atoms with Crippen LogP contribution in [0.5, 0.6) is 11.5 Å². The molecule has 0 amide bonds. The zero-order chi connectivity index (χ0) is 24.4. The van der Waals surface area contributed by atoms with Gasteiger partial charge in [0, 0.05) is 50.9 Å². The van der Waals surface area contributed by atoms with Crippen LogP contribution in [0.1, 0.15) is 27.5 Å². The zero-order valence-electron chi connectivity index (χ0n) is 19.2. The monoisotopic (exact) mass is 482 g/mol. The van der Waals surface area contributed by atoms with E-state index in [-0.39, 0.29) is 11.5 Å². The van der Waals surface area contributed by atoms with Crippen LogP contribution in [0.3, 0.4) is 0 Å². The van der Waals surface area contributed by atoms with Crippen LogP contribution >= 0.6 is 11.8 Å². The number of aromatic nitrogens is 1. The van der Waals surface area contributed by atoms with Gasteiger partial charge in [0.05, 0.1) is 14.2 Å². The standard InChI is InChI=1S/C26H24F2N2O3S/c1-14-7-16(28)8-21-22(13-29-24(14)21)26(31)25(20-6-5-15(27)9-23(20)33-3)30-17-10-18(32-2)12-19(11-17)34-4/h5-13,25,29-30H,1-4H3. The van der Waals surface area contributed by atoms with E-state index in [9.17, 15) is 13.6 Å². The van der Waals surface area contributed by atoms with Gasteiger partial charge in [0.2, 0.25) is 0 Å². The number of ether oxygens (including phenoxy) is 2. The molecule has 0 bridgehead atoms. The molecule has 0 aliphatic carbocycles. The van der Waals surface area contributed by atoms with Gasteiger partial charge in [-0.25, -0.2) is 8.78 Å². The third kappa shape index (κ3) is 4.59. The van der Waals surface area contributed by atoms with Gasteiger partial charge in [0.1, 0.15) is 29.2 Å². The minimum absolute atomic E-state index is 0.223. The number of carbonyl (C=O) groups is 1. The van der Waals surface area contributed by atoms with Gasteiger partial charge in [-0.1, -0.05) is 0 Å². The van der Waals surface area contributed by atoms with Gasteiger partial charge < -0.3 is 19.8 Å². The van der Waals surface area contributed by atoms with Crippen LogP contribution in [-0.4, -0.2) is 31.2 Å². The maximum atomic E-state index is 14.2. The smallest absolute Gasteiger partial charge is 0.191 e. The number of ketones is 1. The number of hydrogen-bond donors (Lipinski definition) is 2. The molecular formula is C26H24F2N2O3S. The Labute approximate surface area is 200 Å². The molecule has 0 aliphatic heterocycles. The molecule has 8 heteroatoms. The highest BCUT2D eigenvalue weighted by Gasteiger charge is 2.28. The van der Waals surface area contributed by atoms with Crippen molar-refractivity contribution in [2.75, 3.05) is 25.8 Å². The summed E-state index contributed by atoms with van der Waals surface area (Å²) in [6.45, 7) is 1.77. The summed E-state index contributed by atoms with van der Waals surface area (Å²) >= 11 is 1.53. The molecule has 176 valence electrons. The fourth-order valence-electron chi connectivity index (χ4n) is 3.99. The van der Waals surface area contributed by atoms with Gasteiger partial charge >= 0.3 is 0 Å². The Balaban J connectivity index is 1.86. The first-order valence-corrected chi connectivity index (χ1v) is 11.7. The predicted molar refractivity (Wildman–Crippen MR) is 131 cm³/mol. The number of rotatable bonds is 8. The first kappa shape index (κ1) is 23.6. The topological polar surface area (TPSA) is 63.3 Å². The van der Waals surface area contributed by atoms with Crippen molar-refractivity contribution in [1.82, 2.24) is 4.98 Å². The molecule has 0 saturated carbocycles. The number of thioether (sulfide) groups is 1. The van der Waals surface area contributed by atoms with Crippen LogP contribution in [0.4, 0.5) is 14.5 Å². The Morgan fingerprint density at radius 1 is 1.03 bits per heavy atom. The van der Waals surface area contributed by atoms with Crippen molar-refractivity contribution in [3.05, 3.63) is 83.1 Å². The first-order chi connectivity index (χ1) is 16.3. The molecule has 0 radical (unpaired) electrons. The van der Waals surface area contributed by atoms with Crippen LogP contribution in [0, 0.1) is 18.6 Å². The van der Waals surface area contributed by atoms with Crippen molar-refractivity contribution in [2.45, 2.75) is 17.9 Å². The molecule has 2 N–H and O–H groups in total. The van der Waals surface area contributed by atoms with Crippen molar-refractivity contribution < 1.29 is 23.0 Å². The summed E-state index contributed by atoms with van der Waals surface area (Å²) in [5.74, 6) is -0.394. The number of halogens is 2. The van der Waals surface area contributed by atoms with E-state index >= 15 is 0 Å². The SMILES string of the molecule is COc1cc(NC(C(=O)c2c[nH]c3c(C)cc(F)cc23)c2ccc(F)cc2OC)cc(SC)c1. The number of carbonyl (C=O) groups excluding carboxylic acids is 1. The molecular weight excluding hydrogens is 458 g/mol. The highest BCUT2D eigenvalue weighted by Crippen LogP contribution is 2.35. The maximum absolute atomic E-state index is 14.2. The Morgan fingerprint density at radius 3 is 2.53 bits per heavy atom. The molecule has 1 heterocycles. The average molecular weight is 483 g/mol. The maximum Gasteiger partial charge on any atom is 0.191 e. The number of benzene rings is 3. The Bertz CT molecular complexity index is 1350. The molecule has 34 heavy (non-hydrogen) atoms. The number of methoxy groups -OCH3 is 2. The fourth-order valence-corrected chi connectivity index (χ4v) is 4.47. The lowest BCUT2D eigenvalue weighted by Crippen LogP contribution is -2.22. The number of Topliss-reactive ketones (excluding diaryl/α,β-unsaturated/α-hetero) is 1. The lowest BCUT2D eigenvalue weighted by molar-refractivity contribution is 0.0970. The molecule has 1 aromatic heterocycles. The second-order valence-corrected chi connectivity index (χ2v) is 8.66. The van der Waals surface area contributed by atoms with Crippen molar-refractivity contribution in [3.63, 3.8) is 0 Å². The van der Waals surface area contributed by atoms with Crippen LogP contribution in [0.25, 0.3) is 10.9 Å². The van der Waals surface area contributed by atoms with E-state index in [0.29, 0.717) is 39.0 Å². The molecule has 4 aromatic rings. The van der Waals surface area contributed by atoms with Gasteiger partial charge in [-0.05, 0) is 55.1 Å². The molecule has 1 unspecified atom stereocenters. The molecule has 0 spiro atoms. The summed E-state index contributed by atoms with van der Waals surface area (Å²) in [5, 5.41) is 3.75. The lowest BCUT2D eigenvalue weighted by atomic mass is 9.95. The Hall–Kier alpha value is -3.52. The van der Waals surface area contributed by atoms with E-state index in [2.05, 4.69) is 10.3 Å². The Kier molecular flexibility index (Phi) is 6.79. The van der Waals surface area contributed by atoms with E-state index in [0.717, 1.165) is 4.90 Å². The van der Waals surface area contributed by atoms with E-state index < -0.39 is 17.7 Å². The number of hydrogen-bond acceptors (Lipinski definition) is 5. The van der Waals surface area contributed by atoms with Gasteiger partial charge in [-0.2, -0.15) is 0 Å². The number of aromatic amines is 1. The van der Waals surface area contributed by atoms with Crippen molar-refractivity contribution in [1.29, 1.82) is 0 Å². The van der Waals surface area contributed by atoms with E-state index in [1.54, 1.807) is 26.3 Å². The minimum Gasteiger partial charge on any atom is -0.497 e. The second-order valence-electron chi connectivity index (χ2n) is 7.78. The first-order valence-electron chi connectivity index (χ1n) is 10.5. The number of H-pyrrole nitrogens is 1.